The standard InChI is InChI=1S/C19H30N4O2/c1-4-22(14-18(24)21-15(2)3)19(25)17-7-5-6-12-23(17)13-16-8-10-20-11-9-16/h8-11,15,17H,4-7,12-14H2,1-3H3,(H,21,24)/t17-/m1/s1. The van der Waals surface area contributed by atoms with Gasteiger partial charge in [-0.1, -0.05) is 6.42 Å². The van der Waals surface area contributed by atoms with Gasteiger partial charge in [0, 0.05) is 31.5 Å². The molecule has 1 atom stereocenters. The summed E-state index contributed by atoms with van der Waals surface area (Å²) in [5.74, 6) is -0.0307. The van der Waals surface area contributed by atoms with E-state index in [-0.39, 0.29) is 30.4 Å². The van der Waals surface area contributed by atoms with Crippen LogP contribution in [0.15, 0.2) is 24.5 Å². The van der Waals surface area contributed by atoms with Crippen LogP contribution in [0, 0.1) is 0 Å². The number of hydrogen-bond donors (Lipinski definition) is 1. The normalized spacial score (nSPS) is 18.2. The Morgan fingerprint density at radius 3 is 2.68 bits per heavy atom. The van der Waals surface area contributed by atoms with Gasteiger partial charge in [0.25, 0.3) is 0 Å². The van der Waals surface area contributed by atoms with E-state index >= 15 is 0 Å². The van der Waals surface area contributed by atoms with Gasteiger partial charge in [-0.05, 0) is 57.9 Å². The molecule has 1 fully saturated rings. The summed E-state index contributed by atoms with van der Waals surface area (Å²) in [6.45, 7) is 8.11. The van der Waals surface area contributed by atoms with Gasteiger partial charge in [-0.25, -0.2) is 0 Å². The van der Waals surface area contributed by atoms with Crippen molar-refractivity contribution < 1.29 is 9.59 Å². The monoisotopic (exact) mass is 346 g/mol. The van der Waals surface area contributed by atoms with E-state index in [1.54, 1.807) is 17.3 Å². The maximum atomic E-state index is 13.0. The number of rotatable bonds is 7. The Morgan fingerprint density at radius 2 is 2.04 bits per heavy atom. The summed E-state index contributed by atoms with van der Waals surface area (Å²) in [5, 5.41) is 2.86. The Bertz CT molecular complexity index is 562. The first-order chi connectivity index (χ1) is 12.0. The van der Waals surface area contributed by atoms with Crippen molar-refractivity contribution in [3.05, 3.63) is 30.1 Å². The summed E-state index contributed by atoms with van der Waals surface area (Å²) in [7, 11) is 0. The van der Waals surface area contributed by atoms with Crippen LogP contribution in [0.2, 0.25) is 0 Å². The quantitative estimate of drug-likeness (QED) is 0.818. The second kappa shape index (κ2) is 9.51. The zero-order valence-corrected chi connectivity index (χ0v) is 15.6. The number of nitrogens with one attached hydrogen (secondary N) is 1. The molecule has 2 heterocycles. The van der Waals surface area contributed by atoms with E-state index in [9.17, 15) is 9.59 Å². The maximum absolute atomic E-state index is 13.0. The van der Waals surface area contributed by atoms with Crippen LogP contribution in [-0.2, 0) is 16.1 Å². The Hall–Kier alpha value is -1.95. The number of amides is 2. The number of hydrogen-bond acceptors (Lipinski definition) is 4. The Kier molecular flexibility index (Phi) is 7.37. The zero-order valence-electron chi connectivity index (χ0n) is 15.6. The molecule has 1 saturated heterocycles. The molecule has 6 nitrogen and oxygen atoms in total. The molecule has 1 aromatic rings. The predicted octanol–water partition coefficient (Wildman–Crippen LogP) is 1.81. The van der Waals surface area contributed by atoms with Gasteiger partial charge in [0.1, 0.15) is 0 Å². The first-order valence-corrected chi connectivity index (χ1v) is 9.22. The van der Waals surface area contributed by atoms with Gasteiger partial charge < -0.3 is 10.2 Å². The molecule has 0 unspecified atom stereocenters. The average molecular weight is 346 g/mol. The smallest absolute Gasteiger partial charge is 0.240 e. The van der Waals surface area contributed by atoms with E-state index < -0.39 is 0 Å². The fourth-order valence-corrected chi connectivity index (χ4v) is 3.28. The number of likely N-dealkylation sites (N-methyl/N-ethyl adjacent to an activating group) is 1. The van der Waals surface area contributed by atoms with Crippen LogP contribution in [0.4, 0.5) is 0 Å². The molecular weight excluding hydrogens is 316 g/mol. The minimum Gasteiger partial charge on any atom is -0.352 e. The van der Waals surface area contributed by atoms with Crippen LogP contribution in [0.1, 0.15) is 45.6 Å². The molecular formula is C19H30N4O2. The second-order valence-electron chi connectivity index (χ2n) is 6.91. The van der Waals surface area contributed by atoms with Crippen molar-refractivity contribution in [3.8, 4) is 0 Å². The van der Waals surface area contributed by atoms with Crippen molar-refractivity contribution in [3.63, 3.8) is 0 Å². The van der Waals surface area contributed by atoms with Gasteiger partial charge in [0.15, 0.2) is 0 Å². The Labute approximate surface area is 150 Å². The van der Waals surface area contributed by atoms with Gasteiger partial charge in [-0.2, -0.15) is 0 Å². The molecule has 1 aliphatic rings. The third-order valence-electron chi connectivity index (χ3n) is 4.51. The largest absolute Gasteiger partial charge is 0.352 e. The van der Waals surface area contributed by atoms with E-state index in [2.05, 4.69) is 15.2 Å². The van der Waals surface area contributed by atoms with Crippen LogP contribution >= 0.6 is 0 Å². The summed E-state index contributed by atoms with van der Waals surface area (Å²) in [4.78, 5) is 33.1. The Morgan fingerprint density at radius 1 is 1.32 bits per heavy atom. The molecule has 138 valence electrons. The van der Waals surface area contributed by atoms with Crippen LogP contribution in [-0.4, -0.2) is 58.3 Å². The van der Waals surface area contributed by atoms with Crippen LogP contribution < -0.4 is 5.32 Å². The highest BCUT2D eigenvalue weighted by atomic mass is 16.2. The lowest BCUT2D eigenvalue weighted by Crippen LogP contribution is -2.52. The summed E-state index contributed by atoms with van der Waals surface area (Å²) >= 11 is 0. The predicted molar refractivity (Wildman–Crippen MR) is 97.8 cm³/mol. The van der Waals surface area contributed by atoms with Gasteiger partial charge in [-0.15, -0.1) is 0 Å². The number of carbonyl (C=O) groups is 2. The summed E-state index contributed by atoms with van der Waals surface area (Å²) in [6, 6.07) is 3.92. The number of aromatic nitrogens is 1. The van der Waals surface area contributed by atoms with Crippen LogP contribution in [0.25, 0.3) is 0 Å². The van der Waals surface area contributed by atoms with Crippen molar-refractivity contribution in [1.82, 2.24) is 20.1 Å². The lowest BCUT2D eigenvalue weighted by atomic mass is 10.00. The molecule has 0 saturated carbocycles. The lowest BCUT2D eigenvalue weighted by molar-refractivity contribution is -0.141. The minimum absolute atomic E-state index is 0.0650. The highest BCUT2D eigenvalue weighted by molar-refractivity contribution is 5.87. The van der Waals surface area contributed by atoms with E-state index in [1.807, 2.05) is 32.9 Å². The number of likely N-dealkylation sites (tertiary alicyclic amines) is 1. The second-order valence-corrected chi connectivity index (χ2v) is 6.91. The lowest BCUT2D eigenvalue weighted by Gasteiger charge is -2.37. The minimum atomic E-state index is -0.145. The van der Waals surface area contributed by atoms with Crippen molar-refractivity contribution >= 4 is 11.8 Å². The van der Waals surface area contributed by atoms with E-state index in [0.717, 1.165) is 37.9 Å². The van der Waals surface area contributed by atoms with Crippen molar-refractivity contribution in [2.75, 3.05) is 19.6 Å². The molecule has 0 spiro atoms. The number of piperidine rings is 1. The first kappa shape index (κ1) is 19.4. The molecule has 1 N–H and O–H groups in total. The van der Waals surface area contributed by atoms with E-state index in [4.69, 9.17) is 0 Å². The summed E-state index contributed by atoms with van der Waals surface area (Å²) < 4.78 is 0. The van der Waals surface area contributed by atoms with Gasteiger partial charge in [0.2, 0.25) is 11.8 Å². The maximum Gasteiger partial charge on any atom is 0.240 e. The molecule has 1 aliphatic heterocycles. The molecule has 0 aromatic carbocycles. The van der Waals surface area contributed by atoms with Gasteiger partial charge in [-0.3, -0.25) is 19.5 Å². The summed E-state index contributed by atoms with van der Waals surface area (Å²) in [5.41, 5.74) is 1.16. The van der Waals surface area contributed by atoms with E-state index in [0.29, 0.717) is 6.54 Å². The van der Waals surface area contributed by atoms with Crippen molar-refractivity contribution in [2.45, 2.75) is 58.7 Å². The highest BCUT2D eigenvalue weighted by Gasteiger charge is 2.32. The SMILES string of the molecule is CCN(CC(=O)NC(C)C)C(=O)[C@H]1CCCCN1Cc1ccncc1. The molecule has 2 amide bonds. The third-order valence-corrected chi connectivity index (χ3v) is 4.51. The van der Waals surface area contributed by atoms with Crippen LogP contribution in [0.3, 0.4) is 0 Å². The van der Waals surface area contributed by atoms with Gasteiger partial charge in [0.05, 0.1) is 12.6 Å². The van der Waals surface area contributed by atoms with Crippen molar-refractivity contribution in [2.24, 2.45) is 0 Å². The number of pyridine rings is 1. The number of nitrogens with zero attached hydrogens (tertiary/aromatic N) is 3. The molecule has 1 aromatic heterocycles. The first-order valence-electron chi connectivity index (χ1n) is 9.22. The van der Waals surface area contributed by atoms with Gasteiger partial charge >= 0.3 is 0 Å². The molecule has 2 rings (SSSR count). The van der Waals surface area contributed by atoms with Crippen molar-refractivity contribution in [1.29, 1.82) is 0 Å². The molecule has 6 heteroatoms. The third kappa shape index (κ3) is 5.81. The fraction of sp³-hybridized carbons (Fsp3) is 0.632. The van der Waals surface area contributed by atoms with Crippen LogP contribution in [0.5, 0.6) is 0 Å². The zero-order chi connectivity index (χ0) is 18.2. The molecule has 0 radical (unpaired) electrons. The summed E-state index contributed by atoms with van der Waals surface area (Å²) in [6.07, 6.45) is 6.58. The van der Waals surface area contributed by atoms with E-state index in [1.165, 1.54) is 0 Å². The number of carbonyl (C=O) groups excluding carboxylic acids is 2. The molecule has 0 aliphatic carbocycles. The molecule has 0 bridgehead atoms. The molecule has 25 heavy (non-hydrogen) atoms. The Balaban J connectivity index is 2.03. The topological polar surface area (TPSA) is 65.5 Å². The average Bonchev–Trinajstić information content (AvgIpc) is 2.60. The highest BCUT2D eigenvalue weighted by Crippen LogP contribution is 2.21. The fourth-order valence-electron chi connectivity index (χ4n) is 3.28.